The summed E-state index contributed by atoms with van der Waals surface area (Å²) in [6, 6.07) is 0. The van der Waals surface area contributed by atoms with Crippen LogP contribution >= 0.6 is 0 Å². The second-order valence-electron chi connectivity index (χ2n) is 4.99. The molecule has 1 aromatic heterocycles. The number of aliphatic carboxylic acids is 1. The van der Waals surface area contributed by atoms with Gasteiger partial charge >= 0.3 is 11.7 Å². The van der Waals surface area contributed by atoms with Crippen LogP contribution in [0.3, 0.4) is 0 Å². The third kappa shape index (κ3) is 3.13. The molecule has 0 saturated carbocycles. The summed E-state index contributed by atoms with van der Waals surface area (Å²) in [5.41, 5.74) is 0.452. The van der Waals surface area contributed by atoms with E-state index in [1.165, 1.54) is 0 Å². The maximum atomic E-state index is 11.3. The largest absolute Gasteiger partial charge is 0.480 e. The van der Waals surface area contributed by atoms with Crippen LogP contribution in [0.2, 0.25) is 0 Å². The smallest absolute Gasteiger partial charge is 0.333 e. The standard InChI is InChI=1S/C12H19N5O4/c1-3-16-12(11(17(20)21)9(2)13-16)15-6-4-14(5-7-15)8-10(18)19/h3-8H2,1-2H3,(H,18,19). The molecular weight excluding hydrogens is 278 g/mol. The summed E-state index contributed by atoms with van der Waals surface area (Å²) in [6.45, 7) is 6.32. The van der Waals surface area contributed by atoms with Crippen LogP contribution < -0.4 is 4.90 Å². The highest BCUT2D eigenvalue weighted by Crippen LogP contribution is 2.32. The van der Waals surface area contributed by atoms with E-state index in [0.29, 0.717) is 44.2 Å². The van der Waals surface area contributed by atoms with Gasteiger partial charge in [-0.15, -0.1) is 0 Å². The van der Waals surface area contributed by atoms with Gasteiger partial charge in [0.15, 0.2) is 0 Å². The first kappa shape index (κ1) is 15.2. The normalized spacial score (nSPS) is 16.2. The van der Waals surface area contributed by atoms with E-state index in [9.17, 15) is 14.9 Å². The highest BCUT2D eigenvalue weighted by atomic mass is 16.6. The van der Waals surface area contributed by atoms with Crippen LogP contribution in [0, 0.1) is 17.0 Å². The number of nitro groups is 1. The fraction of sp³-hybridized carbons (Fsp3) is 0.667. The predicted octanol–water partition coefficient (Wildman–Crippen LogP) is 0.326. The molecule has 0 amide bonds. The summed E-state index contributed by atoms with van der Waals surface area (Å²) in [4.78, 5) is 25.3. The molecule has 9 heteroatoms. The fourth-order valence-corrected chi connectivity index (χ4v) is 2.62. The van der Waals surface area contributed by atoms with Crippen molar-refractivity contribution in [2.24, 2.45) is 0 Å². The third-order valence-corrected chi connectivity index (χ3v) is 3.58. The Balaban J connectivity index is 2.20. The van der Waals surface area contributed by atoms with Crippen LogP contribution in [0.15, 0.2) is 0 Å². The van der Waals surface area contributed by atoms with E-state index < -0.39 is 10.9 Å². The van der Waals surface area contributed by atoms with Gasteiger partial charge in [0.25, 0.3) is 0 Å². The number of anilines is 1. The van der Waals surface area contributed by atoms with Crippen LogP contribution in [-0.2, 0) is 11.3 Å². The Bertz CT molecular complexity index is 548. The van der Waals surface area contributed by atoms with Crippen molar-refractivity contribution in [1.82, 2.24) is 14.7 Å². The monoisotopic (exact) mass is 297 g/mol. The number of nitrogens with zero attached hydrogens (tertiary/aromatic N) is 5. The van der Waals surface area contributed by atoms with Crippen molar-refractivity contribution in [3.8, 4) is 0 Å². The molecular formula is C12H19N5O4. The summed E-state index contributed by atoms with van der Waals surface area (Å²) in [5.74, 6) is -0.334. The van der Waals surface area contributed by atoms with Gasteiger partial charge in [0.2, 0.25) is 5.82 Å². The number of hydrogen-bond acceptors (Lipinski definition) is 6. The molecule has 1 saturated heterocycles. The molecule has 0 atom stereocenters. The predicted molar refractivity (Wildman–Crippen MR) is 75.6 cm³/mol. The lowest BCUT2D eigenvalue weighted by atomic mass is 10.3. The summed E-state index contributed by atoms with van der Waals surface area (Å²) >= 11 is 0. The highest BCUT2D eigenvalue weighted by Gasteiger charge is 2.31. The Labute approximate surface area is 121 Å². The molecule has 1 N–H and O–H groups in total. The lowest BCUT2D eigenvalue weighted by molar-refractivity contribution is -0.384. The van der Waals surface area contributed by atoms with Gasteiger partial charge < -0.3 is 10.0 Å². The lowest BCUT2D eigenvalue weighted by Gasteiger charge is -2.34. The molecule has 0 spiro atoms. The number of aromatic nitrogens is 2. The number of rotatable bonds is 5. The van der Waals surface area contributed by atoms with Gasteiger partial charge in [-0.05, 0) is 13.8 Å². The van der Waals surface area contributed by atoms with E-state index in [1.807, 2.05) is 16.7 Å². The zero-order valence-electron chi connectivity index (χ0n) is 12.2. The number of carboxylic acid groups (broad SMARTS) is 1. The van der Waals surface area contributed by atoms with Gasteiger partial charge in [0, 0.05) is 32.7 Å². The Morgan fingerprint density at radius 2 is 2.00 bits per heavy atom. The van der Waals surface area contributed by atoms with E-state index in [1.54, 1.807) is 11.6 Å². The minimum Gasteiger partial charge on any atom is -0.480 e. The molecule has 2 rings (SSSR count). The van der Waals surface area contributed by atoms with Crippen molar-refractivity contribution < 1.29 is 14.8 Å². The first-order valence-corrected chi connectivity index (χ1v) is 6.85. The molecule has 1 aromatic rings. The Morgan fingerprint density at radius 3 is 2.48 bits per heavy atom. The van der Waals surface area contributed by atoms with Crippen LogP contribution in [0.1, 0.15) is 12.6 Å². The second-order valence-corrected chi connectivity index (χ2v) is 4.99. The third-order valence-electron chi connectivity index (χ3n) is 3.58. The molecule has 0 unspecified atom stereocenters. The molecule has 116 valence electrons. The maximum absolute atomic E-state index is 11.3. The number of hydrogen-bond donors (Lipinski definition) is 1. The quantitative estimate of drug-likeness (QED) is 0.616. The molecule has 21 heavy (non-hydrogen) atoms. The highest BCUT2D eigenvalue weighted by molar-refractivity contribution is 5.69. The van der Waals surface area contributed by atoms with Crippen LogP contribution in [0.4, 0.5) is 11.5 Å². The molecule has 0 aromatic carbocycles. The molecule has 1 aliphatic heterocycles. The first-order chi connectivity index (χ1) is 9.93. The second kappa shape index (κ2) is 6.08. The first-order valence-electron chi connectivity index (χ1n) is 6.85. The molecule has 0 radical (unpaired) electrons. The summed E-state index contributed by atoms with van der Waals surface area (Å²) in [6.07, 6.45) is 0. The van der Waals surface area contributed by atoms with Crippen molar-refractivity contribution in [3.63, 3.8) is 0 Å². The van der Waals surface area contributed by atoms with E-state index in [4.69, 9.17) is 5.11 Å². The van der Waals surface area contributed by atoms with Crippen LogP contribution in [0.5, 0.6) is 0 Å². The number of carbonyl (C=O) groups is 1. The summed E-state index contributed by atoms with van der Waals surface area (Å²) < 4.78 is 1.64. The molecule has 1 aliphatic rings. The van der Waals surface area contributed by atoms with Gasteiger partial charge in [0.05, 0.1) is 11.5 Å². The van der Waals surface area contributed by atoms with Gasteiger partial charge in [-0.25, -0.2) is 4.68 Å². The topological polar surface area (TPSA) is 105 Å². The van der Waals surface area contributed by atoms with Crippen molar-refractivity contribution in [3.05, 3.63) is 15.8 Å². The van der Waals surface area contributed by atoms with Gasteiger partial charge in [0.1, 0.15) is 5.69 Å². The van der Waals surface area contributed by atoms with Crippen molar-refractivity contribution in [2.45, 2.75) is 20.4 Å². The van der Waals surface area contributed by atoms with Crippen molar-refractivity contribution in [2.75, 3.05) is 37.6 Å². The lowest BCUT2D eigenvalue weighted by Crippen LogP contribution is -2.48. The molecule has 0 aliphatic carbocycles. The van der Waals surface area contributed by atoms with Gasteiger partial charge in [-0.2, -0.15) is 5.10 Å². The summed E-state index contributed by atoms with van der Waals surface area (Å²) in [5, 5.41) is 24.3. The fourth-order valence-electron chi connectivity index (χ4n) is 2.62. The Hall–Kier alpha value is -2.16. The van der Waals surface area contributed by atoms with Crippen molar-refractivity contribution >= 4 is 17.5 Å². The zero-order chi connectivity index (χ0) is 15.6. The SMILES string of the molecule is CCn1nc(C)c([N+](=O)[O-])c1N1CCN(CC(=O)O)CC1. The summed E-state index contributed by atoms with van der Waals surface area (Å²) in [7, 11) is 0. The minimum atomic E-state index is -0.858. The zero-order valence-corrected chi connectivity index (χ0v) is 12.2. The molecule has 1 fully saturated rings. The number of piperazine rings is 1. The molecule has 0 bridgehead atoms. The average molecular weight is 297 g/mol. The number of aryl methyl sites for hydroxylation is 2. The minimum absolute atomic E-state index is 0.00198. The van der Waals surface area contributed by atoms with Crippen LogP contribution in [-0.4, -0.2) is 63.4 Å². The van der Waals surface area contributed by atoms with E-state index >= 15 is 0 Å². The van der Waals surface area contributed by atoms with E-state index in [2.05, 4.69) is 5.10 Å². The van der Waals surface area contributed by atoms with E-state index in [-0.39, 0.29) is 12.2 Å². The van der Waals surface area contributed by atoms with E-state index in [0.717, 1.165) is 0 Å². The maximum Gasteiger partial charge on any atom is 0.333 e. The van der Waals surface area contributed by atoms with Gasteiger partial charge in [-0.3, -0.25) is 19.8 Å². The Morgan fingerprint density at radius 1 is 1.38 bits per heavy atom. The molecule has 9 nitrogen and oxygen atoms in total. The molecule has 2 heterocycles. The van der Waals surface area contributed by atoms with Gasteiger partial charge in [-0.1, -0.05) is 0 Å². The van der Waals surface area contributed by atoms with Crippen LogP contribution in [0.25, 0.3) is 0 Å². The van der Waals surface area contributed by atoms with Crippen molar-refractivity contribution in [1.29, 1.82) is 0 Å². The average Bonchev–Trinajstić information content (AvgIpc) is 2.76. The Kier molecular flexibility index (Phi) is 4.41. The number of carboxylic acids is 1.